The lowest BCUT2D eigenvalue weighted by atomic mass is 9.90. The van der Waals surface area contributed by atoms with Crippen LogP contribution in [0.2, 0.25) is 0 Å². The van der Waals surface area contributed by atoms with Gasteiger partial charge in [0.15, 0.2) is 0 Å². The van der Waals surface area contributed by atoms with Gasteiger partial charge in [0.25, 0.3) is 0 Å². The van der Waals surface area contributed by atoms with Crippen molar-refractivity contribution in [2.75, 3.05) is 0 Å². The quantitative estimate of drug-likeness (QED) is 0.651. The van der Waals surface area contributed by atoms with Gasteiger partial charge >= 0.3 is 0 Å². The van der Waals surface area contributed by atoms with Gasteiger partial charge in [0.1, 0.15) is 0 Å². The van der Waals surface area contributed by atoms with Crippen LogP contribution in [0.3, 0.4) is 0 Å². The SMILES string of the molecule is C1=CC(Cc2ccc(-c3cccs3)cc2)CCC1. The van der Waals surface area contributed by atoms with E-state index in [1.807, 2.05) is 0 Å². The first-order valence-corrected chi connectivity index (χ1v) is 7.59. The molecule has 1 heterocycles. The van der Waals surface area contributed by atoms with Gasteiger partial charge in [0.05, 0.1) is 0 Å². The van der Waals surface area contributed by atoms with Crippen LogP contribution in [0, 0.1) is 5.92 Å². The van der Waals surface area contributed by atoms with E-state index in [9.17, 15) is 0 Å². The Morgan fingerprint density at radius 1 is 1.11 bits per heavy atom. The summed E-state index contributed by atoms with van der Waals surface area (Å²) in [5.41, 5.74) is 2.81. The average molecular weight is 254 g/mol. The van der Waals surface area contributed by atoms with Crippen LogP contribution in [0.4, 0.5) is 0 Å². The van der Waals surface area contributed by atoms with E-state index in [-0.39, 0.29) is 0 Å². The molecular weight excluding hydrogens is 236 g/mol. The minimum Gasteiger partial charge on any atom is -0.144 e. The van der Waals surface area contributed by atoms with Crippen LogP contribution >= 0.6 is 11.3 Å². The summed E-state index contributed by atoms with van der Waals surface area (Å²) in [5.74, 6) is 0.756. The van der Waals surface area contributed by atoms with Crippen LogP contribution < -0.4 is 0 Å². The van der Waals surface area contributed by atoms with E-state index in [1.165, 1.54) is 41.7 Å². The van der Waals surface area contributed by atoms with E-state index in [4.69, 9.17) is 0 Å². The Morgan fingerprint density at radius 2 is 2.00 bits per heavy atom. The molecule has 1 unspecified atom stereocenters. The molecule has 1 atom stereocenters. The second-order valence-electron chi connectivity index (χ2n) is 5.00. The molecule has 0 amide bonds. The molecule has 0 saturated heterocycles. The van der Waals surface area contributed by atoms with Crippen LogP contribution in [-0.4, -0.2) is 0 Å². The molecule has 1 aromatic heterocycles. The van der Waals surface area contributed by atoms with Gasteiger partial charge < -0.3 is 0 Å². The molecule has 0 nitrogen and oxygen atoms in total. The minimum absolute atomic E-state index is 0.756. The first-order chi connectivity index (χ1) is 8.92. The zero-order valence-corrected chi connectivity index (χ0v) is 11.3. The number of hydrogen-bond donors (Lipinski definition) is 0. The molecule has 1 aliphatic carbocycles. The van der Waals surface area contributed by atoms with Crippen LogP contribution in [0.1, 0.15) is 24.8 Å². The van der Waals surface area contributed by atoms with Gasteiger partial charge in [-0.2, -0.15) is 0 Å². The third-order valence-electron chi connectivity index (χ3n) is 3.61. The maximum Gasteiger partial charge on any atom is 0.0342 e. The highest BCUT2D eigenvalue weighted by atomic mass is 32.1. The van der Waals surface area contributed by atoms with Gasteiger partial charge in [-0.15, -0.1) is 11.3 Å². The van der Waals surface area contributed by atoms with E-state index < -0.39 is 0 Å². The molecule has 0 fully saturated rings. The average Bonchev–Trinajstić information content (AvgIpc) is 2.95. The summed E-state index contributed by atoms with van der Waals surface area (Å²) >= 11 is 1.81. The number of benzene rings is 1. The molecule has 18 heavy (non-hydrogen) atoms. The third kappa shape index (κ3) is 2.73. The van der Waals surface area contributed by atoms with Crippen molar-refractivity contribution in [1.29, 1.82) is 0 Å². The predicted octanol–water partition coefficient (Wildman–Crippen LogP) is 5.31. The Bertz CT molecular complexity index is 505. The van der Waals surface area contributed by atoms with E-state index >= 15 is 0 Å². The van der Waals surface area contributed by atoms with Crippen molar-refractivity contribution in [2.24, 2.45) is 5.92 Å². The van der Waals surface area contributed by atoms with Gasteiger partial charge in [-0.1, -0.05) is 42.5 Å². The van der Waals surface area contributed by atoms with Gasteiger partial charge in [0.2, 0.25) is 0 Å². The van der Waals surface area contributed by atoms with Crippen molar-refractivity contribution in [3.05, 3.63) is 59.5 Å². The van der Waals surface area contributed by atoms with Gasteiger partial charge in [-0.25, -0.2) is 0 Å². The standard InChI is InChI=1S/C17H18S/c1-2-5-14(6-3-1)13-15-8-10-16(11-9-15)17-7-4-12-18-17/h2,4-5,7-12,14H,1,3,6,13H2. The van der Waals surface area contributed by atoms with Crippen molar-refractivity contribution < 1.29 is 0 Å². The van der Waals surface area contributed by atoms with Crippen molar-refractivity contribution in [3.8, 4) is 10.4 Å². The minimum atomic E-state index is 0.756. The second-order valence-corrected chi connectivity index (χ2v) is 5.95. The molecule has 1 aliphatic rings. The fraction of sp³-hybridized carbons (Fsp3) is 0.294. The van der Waals surface area contributed by atoms with Crippen molar-refractivity contribution in [3.63, 3.8) is 0 Å². The molecule has 1 aromatic carbocycles. The summed E-state index contributed by atoms with van der Waals surface area (Å²) in [6, 6.07) is 13.4. The highest BCUT2D eigenvalue weighted by molar-refractivity contribution is 7.13. The maximum atomic E-state index is 2.40. The van der Waals surface area contributed by atoms with Crippen LogP contribution in [0.25, 0.3) is 10.4 Å². The lowest BCUT2D eigenvalue weighted by molar-refractivity contribution is 0.539. The lowest BCUT2D eigenvalue weighted by Crippen LogP contribution is -2.04. The molecule has 3 rings (SSSR count). The Kier molecular flexibility index (Phi) is 3.61. The topological polar surface area (TPSA) is 0 Å². The summed E-state index contributed by atoms with van der Waals surface area (Å²) in [5, 5.41) is 2.13. The van der Waals surface area contributed by atoms with E-state index in [2.05, 4.69) is 53.9 Å². The van der Waals surface area contributed by atoms with Crippen LogP contribution in [0.15, 0.2) is 53.9 Å². The second kappa shape index (κ2) is 5.53. The number of hydrogen-bond acceptors (Lipinski definition) is 1. The fourth-order valence-electron chi connectivity index (χ4n) is 2.60. The fourth-order valence-corrected chi connectivity index (χ4v) is 3.34. The van der Waals surface area contributed by atoms with E-state index in [0.29, 0.717) is 0 Å². The zero-order chi connectivity index (χ0) is 12.2. The van der Waals surface area contributed by atoms with Gasteiger partial charge in [0, 0.05) is 4.88 Å². The maximum absolute atomic E-state index is 2.40. The summed E-state index contributed by atoms with van der Waals surface area (Å²) in [6.45, 7) is 0. The van der Waals surface area contributed by atoms with E-state index in [1.54, 1.807) is 11.3 Å². The molecule has 0 radical (unpaired) electrons. The van der Waals surface area contributed by atoms with Crippen LogP contribution in [0.5, 0.6) is 0 Å². The molecule has 2 aromatic rings. The number of rotatable bonds is 3. The molecular formula is C17H18S. The molecule has 0 spiro atoms. The highest BCUT2D eigenvalue weighted by Gasteiger charge is 2.09. The molecule has 1 heteroatoms. The number of allylic oxidation sites excluding steroid dienone is 2. The normalized spacial score (nSPS) is 19.0. The molecule has 0 bridgehead atoms. The monoisotopic (exact) mass is 254 g/mol. The summed E-state index contributed by atoms with van der Waals surface area (Å²) in [4.78, 5) is 1.36. The Balaban J connectivity index is 1.71. The molecule has 0 saturated carbocycles. The molecule has 92 valence electrons. The van der Waals surface area contributed by atoms with Crippen LogP contribution in [-0.2, 0) is 6.42 Å². The van der Waals surface area contributed by atoms with Crippen molar-refractivity contribution in [1.82, 2.24) is 0 Å². The van der Waals surface area contributed by atoms with Crippen molar-refractivity contribution >= 4 is 11.3 Å². The van der Waals surface area contributed by atoms with Gasteiger partial charge in [-0.3, -0.25) is 0 Å². The third-order valence-corrected chi connectivity index (χ3v) is 4.53. The molecule has 0 N–H and O–H groups in total. The largest absolute Gasteiger partial charge is 0.144 e. The van der Waals surface area contributed by atoms with Crippen molar-refractivity contribution in [2.45, 2.75) is 25.7 Å². The summed E-state index contributed by atoms with van der Waals surface area (Å²) < 4.78 is 0. The first kappa shape index (κ1) is 11.7. The zero-order valence-electron chi connectivity index (χ0n) is 10.5. The number of thiophene rings is 1. The predicted molar refractivity (Wildman–Crippen MR) is 79.9 cm³/mol. The first-order valence-electron chi connectivity index (χ1n) is 6.71. The smallest absolute Gasteiger partial charge is 0.0342 e. The Hall–Kier alpha value is -1.34. The van der Waals surface area contributed by atoms with E-state index in [0.717, 1.165) is 5.92 Å². The van der Waals surface area contributed by atoms with Gasteiger partial charge in [-0.05, 0) is 54.2 Å². The summed E-state index contributed by atoms with van der Waals surface area (Å²) in [7, 11) is 0. The lowest BCUT2D eigenvalue weighted by Gasteiger charge is -2.16. The summed E-state index contributed by atoms with van der Waals surface area (Å²) in [6.07, 6.45) is 9.91. The molecule has 0 aliphatic heterocycles. The Morgan fingerprint density at radius 3 is 2.67 bits per heavy atom. The highest BCUT2D eigenvalue weighted by Crippen LogP contribution is 2.26. The Labute approximate surface area is 113 Å².